The lowest BCUT2D eigenvalue weighted by atomic mass is 10.0. The molecular weight excluding hydrogens is 452 g/mol. The summed E-state index contributed by atoms with van der Waals surface area (Å²) in [5, 5.41) is 2.76. The first-order chi connectivity index (χ1) is 17.0. The number of rotatable bonds is 6. The normalized spacial score (nSPS) is 11.0. The molecule has 0 atom stereocenters. The monoisotopic (exact) mass is 471 g/mol. The fourth-order valence-electron chi connectivity index (χ4n) is 3.86. The molecule has 2 aromatic carbocycles. The topological polar surface area (TPSA) is 104 Å². The van der Waals surface area contributed by atoms with Gasteiger partial charge < -0.3 is 15.3 Å². The predicted octanol–water partition coefficient (Wildman–Crippen LogP) is 4.11. The number of nitrogens with zero attached hydrogens (tertiary/aromatic N) is 2. The third kappa shape index (κ3) is 4.70. The van der Waals surface area contributed by atoms with Crippen molar-refractivity contribution < 1.29 is 13.6 Å². The van der Waals surface area contributed by atoms with Crippen molar-refractivity contribution in [3.05, 3.63) is 118 Å². The number of aromatic nitrogens is 4. The van der Waals surface area contributed by atoms with Gasteiger partial charge in [0.15, 0.2) is 17.3 Å². The van der Waals surface area contributed by atoms with Gasteiger partial charge in [0.2, 0.25) is 0 Å². The summed E-state index contributed by atoms with van der Waals surface area (Å²) in [7, 11) is 0. The Hall–Kier alpha value is -4.66. The number of benzene rings is 2. The Balaban J connectivity index is 1.28. The van der Waals surface area contributed by atoms with Gasteiger partial charge >= 0.3 is 0 Å². The van der Waals surface area contributed by atoms with E-state index in [1.807, 2.05) is 30.5 Å². The maximum absolute atomic E-state index is 13.4. The van der Waals surface area contributed by atoms with Crippen LogP contribution < -0.4 is 10.9 Å². The summed E-state index contributed by atoms with van der Waals surface area (Å²) in [6.45, 7) is 0.219. The van der Waals surface area contributed by atoms with Crippen molar-refractivity contribution in [1.29, 1.82) is 0 Å². The second-order valence-corrected chi connectivity index (χ2v) is 7.99. The van der Waals surface area contributed by atoms with Crippen LogP contribution in [0, 0.1) is 11.6 Å². The van der Waals surface area contributed by atoms with Crippen LogP contribution in [0.3, 0.4) is 0 Å². The number of hydrogen-bond donors (Lipinski definition) is 3. The Kier molecular flexibility index (Phi) is 5.88. The zero-order valence-corrected chi connectivity index (χ0v) is 18.3. The first-order valence-electron chi connectivity index (χ1n) is 10.8. The standard InChI is InChI=1S/C26H19F2N5O2/c27-21-7-4-15(12-22(21)28)11-18-5-6-19(26(35)33-18)25(34)32-13-16-2-1-3-17(10-16)20-14-31-24-23(20)29-8-9-30-24/h1-10,12,14H,11,13H2,(H,30,31)(H,32,34)(H,33,35). The van der Waals surface area contributed by atoms with Gasteiger partial charge in [-0.15, -0.1) is 0 Å². The van der Waals surface area contributed by atoms with Gasteiger partial charge in [0, 0.05) is 42.8 Å². The van der Waals surface area contributed by atoms with Gasteiger partial charge in [-0.25, -0.2) is 13.8 Å². The van der Waals surface area contributed by atoms with E-state index in [1.54, 1.807) is 18.5 Å². The summed E-state index contributed by atoms with van der Waals surface area (Å²) >= 11 is 0. The van der Waals surface area contributed by atoms with Crippen LogP contribution in [0.5, 0.6) is 0 Å². The van der Waals surface area contributed by atoms with E-state index in [1.165, 1.54) is 12.1 Å². The van der Waals surface area contributed by atoms with Crippen molar-refractivity contribution in [2.24, 2.45) is 0 Å². The molecule has 174 valence electrons. The van der Waals surface area contributed by atoms with Gasteiger partial charge in [-0.3, -0.25) is 14.6 Å². The van der Waals surface area contributed by atoms with Crippen molar-refractivity contribution in [2.75, 3.05) is 0 Å². The Morgan fingerprint density at radius 2 is 1.80 bits per heavy atom. The number of H-pyrrole nitrogens is 2. The Morgan fingerprint density at radius 3 is 2.63 bits per heavy atom. The van der Waals surface area contributed by atoms with E-state index in [0.717, 1.165) is 34.3 Å². The van der Waals surface area contributed by atoms with Crippen LogP contribution in [0.2, 0.25) is 0 Å². The summed E-state index contributed by atoms with van der Waals surface area (Å²) in [5.41, 5.74) is 4.48. The second-order valence-electron chi connectivity index (χ2n) is 7.99. The van der Waals surface area contributed by atoms with E-state index in [0.29, 0.717) is 16.9 Å². The van der Waals surface area contributed by atoms with E-state index >= 15 is 0 Å². The highest BCUT2D eigenvalue weighted by molar-refractivity contribution is 5.94. The van der Waals surface area contributed by atoms with Crippen LogP contribution >= 0.6 is 0 Å². The molecule has 0 saturated carbocycles. The summed E-state index contributed by atoms with van der Waals surface area (Å²) in [5.74, 6) is -2.41. The van der Waals surface area contributed by atoms with Crippen molar-refractivity contribution in [3.8, 4) is 11.1 Å². The molecule has 35 heavy (non-hydrogen) atoms. The maximum atomic E-state index is 13.4. The van der Waals surface area contributed by atoms with Crippen molar-refractivity contribution in [3.63, 3.8) is 0 Å². The molecule has 3 heterocycles. The number of halogens is 2. The summed E-state index contributed by atoms with van der Waals surface area (Å²) in [6.07, 6.45) is 5.28. The Bertz CT molecular complexity index is 1610. The fraction of sp³-hybridized carbons (Fsp3) is 0.0769. The molecule has 0 bridgehead atoms. The fourth-order valence-corrected chi connectivity index (χ4v) is 3.86. The molecule has 0 aliphatic carbocycles. The highest BCUT2D eigenvalue weighted by atomic mass is 19.2. The van der Waals surface area contributed by atoms with Gasteiger partial charge in [-0.05, 0) is 47.0 Å². The molecule has 1 amide bonds. The Labute approximate surface area is 197 Å². The van der Waals surface area contributed by atoms with Crippen LogP contribution in [-0.2, 0) is 13.0 Å². The van der Waals surface area contributed by atoms with E-state index in [2.05, 4.69) is 25.3 Å². The summed E-state index contributed by atoms with van der Waals surface area (Å²) < 4.78 is 26.5. The van der Waals surface area contributed by atoms with E-state index in [4.69, 9.17) is 0 Å². The summed E-state index contributed by atoms with van der Waals surface area (Å²) in [6, 6.07) is 14.2. The molecule has 0 saturated heterocycles. The molecule has 0 radical (unpaired) electrons. The molecule has 9 heteroatoms. The van der Waals surface area contributed by atoms with E-state index in [9.17, 15) is 18.4 Å². The number of nitrogens with one attached hydrogen (secondary N) is 3. The zero-order chi connectivity index (χ0) is 24.4. The summed E-state index contributed by atoms with van der Waals surface area (Å²) in [4.78, 5) is 39.5. The lowest BCUT2D eigenvalue weighted by Crippen LogP contribution is -2.29. The van der Waals surface area contributed by atoms with Crippen molar-refractivity contribution in [1.82, 2.24) is 25.3 Å². The lowest BCUT2D eigenvalue weighted by Gasteiger charge is -2.08. The van der Waals surface area contributed by atoms with Gasteiger partial charge in [0.05, 0.1) is 0 Å². The molecule has 0 fully saturated rings. The molecule has 0 unspecified atom stereocenters. The molecule has 7 nitrogen and oxygen atoms in total. The van der Waals surface area contributed by atoms with Gasteiger partial charge in [0.1, 0.15) is 11.1 Å². The molecule has 5 rings (SSSR count). The Morgan fingerprint density at radius 1 is 0.943 bits per heavy atom. The van der Waals surface area contributed by atoms with Crippen LogP contribution in [-0.4, -0.2) is 25.8 Å². The van der Waals surface area contributed by atoms with Gasteiger partial charge in [-0.2, -0.15) is 0 Å². The first kappa shape index (κ1) is 22.1. The van der Waals surface area contributed by atoms with Gasteiger partial charge in [0.25, 0.3) is 11.5 Å². The number of pyridine rings is 1. The minimum absolute atomic E-state index is 0.0397. The van der Waals surface area contributed by atoms with Crippen LogP contribution in [0.15, 0.2) is 78.0 Å². The molecule has 0 aliphatic heterocycles. The third-order valence-corrected chi connectivity index (χ3v) is 5.59. The highest BCUT2D eigenvalue weighted by Gasteiger charge is 2.13. The molecule has 3 N–H and O–H groups in total. The number of amides is 1. The minimum atomic E-state index is -0.956. The largest absolute Gasteiger partial charge is 0.348 e. The van der Waals surface area contributed by atoms with Crippen LogP contribution in [0.25, 0.3) is 22.3 Å². The number of carbonyl (C=O) groups is 1. The van der Waals surface area contributed by atoms with Crippen LogP contribution in [0.1, 0.15) is 27.2 Å². The first-order valence-corrected chi connectivity index (χ1v) is 10.8. The van der Waals surface area contributed by atoms with Crippen molar-refractivity contribution in [2.45, 2.75) is 13.0 Å². The average Bonchev–Trinajstić information content (AvgIpc) is 3.29. The average molecular weight is 471 g/mol. The smallest absolute Gasteiger partial charge is 0.261 e. The molecule has 0 spiro atoms. The van der Waals surface area contributed by atoms with Crippen LogP contribution in [0.4, 0.5) is 8.78 Å². The SMILES string of the molecule is O=C(NCc1cccc(-c2c[nH]c3nccnc23)c1)c1ccc(Cc2ccc(F)c(F)c2)[nH]c1=O. The van der Waals surface area contributed by atoms with Gasteiger partial charge in [-0.1, -0.05) is 24.3 Å². The molecule has 3 aromatic heterocycles. The maximum Gasteiger partial charge on any atom is 0.261 e. The second kappa shape index (κ2) is 9.30. The zero-order valence-electron chi connectivity index (χ0n) is 18.3. The molecule has 0 aliphatic rings. The lowest BCUT2D eigenvalue weighted by molar-refractivity contribution is 0.0949. The molecule has 5 aromatic rings. The third-order valence-electron chi connectivity index (χ3n) is 5.59. The molecular formula is C26H19F2N5O2. The number of aromatic amines is 2. The van der Waals surface area contributed by atoms with E-state index < -0.39 is 23.1 Å². The quantitative estimate of drug-likeness (QED) is 0.347. The van der Waals surface area contributed by atoms with E-state index in [-0.39, 0.29) is 18.5 Å². The number of hydrogen-bond acceptors (Lipinski definition) is 4. The van der Waals surface area contributed by atoms with Crippen molar-refractivity contribution >= 4 is 17.1 Å². The number of fused-ring (bicyclic) bond motifs is 1. The number of carbonyl (C=O) groups excluding carboxylic acids is 1. The predicted molar refractivity (Wildman–Crippen MR) is 127 cm³/mol. The minimum Gasteiger partial charge on any atom is -0.348 e. The highest BCUT2D eigenvalue weighted by Crippen LogP contribution is 2.26.